The van der Waals surface area contributed by atoms with E-state index in [4.69, 9.17) is 4.42 Å². The monoisotopic (exact) mass is 351 g/mol. The first-order chi connectivity index (χ1) is 13.2. The molecule has 1 aliphatic heterocycles. The van der Waals surface area contributed by atoms with Crippen LogP contribution in [0.5, 0.6) is 0 Å². The van der Waals surface area contributed by atoms with Crippen molar-refractivity contribution in [2.75, 3.05) is 0 Å². The van der Waals surface area contributed by atoms with Gasteiger partial charge in [0.1, 0.15) is 11.2 Å². The number of allylic oxidation sites excluding steroid dienone is 2. The summed E-state index contributed by atoms with van der Waals surface area (Å²) in [6, 6.07) is 21.4. The van der Waals surface area contributed by atoms with Gasteiger partial charge in [0.05, 0.1) is 6.04 Å². The molecular formula is C25H21NO. The lowest BCUT2D eigenvalue weighted by atomic mass is 9.93. The molecule has 0 spiro atoms. The van der Waals surface area contributed by atoms with Crippen molar-refractivity contribution in [1.29, 1.82) is 0 Å². The molecule has 0 saturated carbocycles. The van der Waals surface area contributed by atoms with Gasteiger partial charge in [-0.2, -0.15) is 0 Å². The summed E-state index contributed by atoms with van der Waals surface area (Å²) in [4.78, 5) is 0. The molecule has 0 aliphatic carbocycles. The van der Waals surface area contributed by atoms with E-state index in [0.29, 0.717) is 0 Å². The molecule has 2 heteroatoms. The second-order valence-electron chi connectivity index (χ2n) is 7.24. The molecule has 1 atom stereocenters. The van der Waals surface area contributed by atoms with Crippen LogP contribution in [0.25, 0.3) is 27.5 Å². The van der Waals surface area contributed by atoms with Gasteiger partial charge < -0.3 is 9.73 Å². The Morgan fingerprint density at radius 1 is 0.852 bits per heavy atom. The van der Waals surface area contributed by atoms with Crippen molar-refractivity contribution in [3.63, 3.8) is 0 Å². The molecule has 1 unspecified atom stereocenters. The van der Waals surface area contributed by atoms with Crippen molar-refractivity contribution < 1.29 is 4.42 Å². The number of nitrogens with one attached hydrogen (secondary N) is 1. The Labute approximate surface area is 158 Å². The van der Waals surface area contributed by atoms with Crippen molar-refractivity contribution in [2.45, 2.75) is 19.9 Å². The highest BCUT2D eigenvalue weighted by Crippen LogP contribution is 2.37. The summed E-state index contributed by atoms with van der Waals surface area (Å²) in [6.45, 7) is 4.27. The maximum Gasteiger partial charge on any atom is 0.141 e. The number of hydrogen-bond acceptors (Lipinski definition) is 2. The van der Waals surface area contributed by atoms with Crippen molar-refractivity contribution >= 4 is 27.5 Å². The van der Waals surface area contributed by atoms with Crippen LogP contribution >= 0.6 is 0 Å². The minimum Gasteiger partial charge on any atom is -0.456 e. The molecule has 132 valence electrons. The molecule has 0 radical (unpaired) electrons. The Morgan fingerprint density at radius 3 is 2.52 bits per heavy atom. The Balaban J connectivity index is 1.67. The molecule has 3 aromatic carbocycles. The van der Waals surface area contributed by atoms with Gasteiger partial charge in [-0.15, -0.1) is 0 Å². The molecule has 2 nitrogen and oxygen atoms in total. The summed E-state index contributed by atoms with van der Waals surface area (Å²) < 4.78 is 6.28. The third-order valence-corrected chi connectivity index (χ3v) is 5.38. The van der Waals surface area contributed by atoms with Gasteiger partial charge in [-0.1, -0.05) is 60.2 Å². The summed E-state index contributed by atoms with van der Waals surface area (Å²) >= 11 is 0. The van der Waals surface area contributed by atoms with E-state index in [2.05, 4.69) is 79.8 Å². The number of benzene rings is 3. The minimum absolute atomic E-state index is 0.0792. The fourth-order valence-corrected chi connectivity index (χ4v) is 3.92. The van der Waals surface area contributed by atoms with Crippen LogP contribution < -0.4 is 5.32 Å². The summed E-state index contributed by atoms with van der Waals surface area (Å²) in [5, 5.41) is 5.85. The van der Waals surface area contributed by atoms with Crippen molar-refractivity contribution in [3.05, 3.63) is 101 Å². The number of furan rings is 1. The van der Waals surface area contributed by atoms with Gasteiger partial charge in [-0.25, -0.2) is 0 Å². The van der Waals surface area contributed by atoms with E-state index in [1.165, 1.54) is 38.6 Å². The highest BCUT2D eigenvalue weighted by molar-refractivity contribution is 6.06. The lowest BCUT2D eigenvalue weighted by molar-refractivity contribution is 0.647. The number of rotatable bonds is 2. The quantitative estimate of drug-likeness (QED) is 0.449. The highest BCUT2D eigenvalue weighted by Gasteiger charge is 2.20. The molecule has 0 fully saturated rings. The predicted molar refractivity (Wildman–Crippen MR) is 113 cm³/mol. The van der Waals surface area contributed by atoms with Crippen LogP contribution in [0, 0.1) is 13.8 Å². The van der Waals surface area contributed by atoms with E-state index >= 15 is 0 Å². The molecule has 5 rings (SSSR count). The van der Waals surface area contributed by atoms with E-state index in [0.717, 1.165) is 11.2 Å². The van der Waals surface area contributed by atoms with Crippen molar-refractivity contribution in [1.82, 2.24) is 5.32 Å². The van der Waals surface area contributed by atoms with Gasteiger partial charge in [0.25, 0.3) is 0 Å². The smallest absolute Gasteiger partial charge is 0.141 e. The molecule has 4 aromatic rings. The van der Waals surface area contributed by atoms with Gasteiger partial charge in [0.15, 0.2) is 0 Å². The van der Waals surface area contributed by atoms with Crippen LogP contribution in [-0.4, -0.2) is 0 Å². The Bertz CT molecular complexity index is 1210. The van der Waals surface area contributed by atoms with Gasteiger partial charge in [0.2, 0.25) is 0 Å². The predicted octanol–water partition coefficient (Wildman–Crippen LogP) is 6.44. The number of aryl methyl sites for hydroxylation is 2. The summed E-state index contributed by atoms with van der Waals surface area (Å²) in [5.74, 6) is 0. The van der Waals surface area contributed by atoms with Crippen LogP contribution in [0.4, 0.5) is 0 Å². The SMILES string of the molecule is Cc1ccc(C2=CC(c3c(C)ccc4c3oc3ccccc34)NC=C2)cc1. The topological polar surface area (TPSA) is 25.2 Å². The molecule has 0 saturated heterocycles. The minimum atomic E-state index is 0.0792. The maximum absolute atomic E-state index is 6.28. The van der Waals surface area contributed by atoms with E-state index < -0.39 is 0 Å². The maximum atomic E-state index is 6.28. The van der Waals surface area contributed by atoms with Gasteiger partial charge in [0, 0.05) is 16.3 Å². The first kappa shape index (κ1) is 16.0. The Kier molecular flexibility index (Phi) is 3.64. The van der Waals surface area contributed by atoms with Gasteiger partial charge >= 0.3 is 0 Å². The molecule has 1 N–H and O–H groups in total. The number of fused-ring (bicyclic) bond motifs is 3. The molecule has 2 heterocycles. The third-order valence-electron chi connectivity index (χ3n) is 5.38. The first-order valence-electron chi connectivity index (χ1n) is 9.33. The number of dihydropyridines is 1. The molecule has 27 heavy (non-hydrogen) atoms. The number of para-hydroxylation sites is 1. The Morgan fingerprint density at radius 2 is 1.67 bits per heavy atom. The second-order valence-corrected chi connectivity index (χ2v) is 7.24. The van der Waals surface area contributed by atoms with Crippen molar-refractivity contribution in [3.8, 4) is 0 Å². The van der Waals surface area contributed by atoms with E-state index in [9.17, 15) is 0 Å². The van der Waals surface area contributed by atoms with Crippen molar-refractivity contribution in [2.24, 2.45) is 0 Å². The molecule has 0 bridgehead atoms. The van der Waals surface area contributed by atoms with Crippen LogP contribution in [0.1, 0.15) is 28.3 Å². The fourth-order valence-electron chi connectivity index (χ4n) is 3.92. The third kappa shape index (κ3) is 2.65. The molecular weight excluding hydrogens is 330 g/mol. The lowest BCUT2D eigenvalue weighted by Gasteiger charge is -2.21. The fraction of sp³-hybridized carbons (Fsp3) is 0.120. The molecule has 1 aliphatic rings. The largest absolute Gasteiger partial charge is 0.456 e. The normalized spacial score (nSPS) is 16.5. The van der Waals surface area contributed by atoms with E-state index in [1.54, 1.807) is 0 Å². The van der Waals surface area contributed by atoms with Crippen LogP contribution in [-0.2, 0) is 0 Å². The van der Waals surface area contributed by atoms with Crippen LogP contribution in [0.2, 0.25) is 0 Å². The molecule has 1 aromatic heterocycles. The zero-order valence-corrected chi connectivity index (χ0v) is 15.5. The van der Waals surface area contributed by atoms with E-state index in [-0.39, 0.29) is 6.04 Å². The van der Waals surface area contributed by atoms with Crippen LogP contribution in [0.3, 0.4) is 0 Å². The zero-order valence-electron chi connectivity index (χ0n) is 15.5. The average Bonchev–Trinajstić information content (AvgIpc) is 3.07. The standard InChI is InChI=1S/C25H21NO/c1-16-7-10-18(11-8-16)19-13-14-26-22(15-19)24-17(2)9-12-21-20-5-3-4-6-23(20)27-25(21)24/h3-15,22,26H,1-2H3. The zero-order chi connectivity index (χ0) is 18.4. The van der Waals surface area contributed by atoms with Gasteiger partial charge in [-0.05, 0) is 55.0 Å². The second kappa shape index (κ2) is 6.17. The summed E-state index contributed by atoms with van der Waals surface area (Å²) in [5.41, 5.74) is 8.09. The van der Waals surface area contributed by atoms with Crippen LogP contribution in [0.15, 0.2) is 83.4 Å². The number of hydrogen-bond donors (Lipinski definition) is 1. The van der Waals surface area contributed by atoms with Gasteiger partial charge in [-0.3, -0.25) is 0 Å². The molecule has 0 amide bonds. The Hall–Kier alpha value is -3.26. The van der Waals surface area contributed by atoms with E-state index in [1.807, 2.05) is 18.3 Å². The average molecular weight is 351 g/mol. The summed E-state index contributed by atoms with van der Waals surface area (Å²) in [6.07, 6.45) is 6.47. The highest BCUT2D eigenvalue weighted by atomic mass is 16.3. The first-order valence-corrected chi connectivity index (χ1v) is 9.33. The summed E-state index contributed by atoms with van der Waals surface area (Å²) in [7, 11) is 0. The lowest BCUT2D eigenvalue weighted by Crippen LogP contribution is -2.17.